The Balaban J connectivity index is 2.33. The van der Waals surface area contributed by atoms with Gasteiger partial charge in [0.2, 0.25) is 0 Å². The van der Waals surface area contributed by atoms with Gasteiger partial charge in [0, 0.05) is 11.3 Å². The number of hydrogen-bond donors (Lipinski definition) is 0. The first-order valence-electron chi connectivity index (χ1n) is 5.65. The third-order valence-corrected chi connectivity index (χ3v) is 3.40. The van der Waals surface area contributed by atoms with Gasteiger partial charge in [-0.25, -0.2) is 0 Å². The van der Waals surface area contributed by atoms with Gasteiger partial charge in [-0.2, -0.15) is 10.4 Å². The highest BCUT2D eigenvalue weighted by Crippen LogP contribution is 2.31. The number of nitrogens with zero attached hydrogens (tertiary/aromatic N) is 3. The molecule has 1 aromatic rings. The molecule has 3 heteroatoms. The zero-order valence-electron chi connectivity index (χ0n) is 9.45. The highest BCUT2D eigenvalue weighted by Gasteiger charge is 2.21. The second kappa shape index (κ2) is 4.06. The lowest BCUT2D eigenvalue weighted by atomic mass is 10.1. The summed E-state index contributed by atoms with van der Waals surface area (Å²) in [5, 5.41) is 13.3. The minimum absolute atomic E-state index is 0.490. The van der Waals surface area contributed by atoms with Crippen molar-refractivity contribution < 1.29 is 0 Å². The summed E-state index contributed by atoms with van der Waals surface area (Å²) in [6.45, 7) is 4.09. The van der Waals surface area contributed by atoms with Gasteiger partial charge in [0.1, 0.15) is 0 Å². The third kappa shape index (κ3) is 1.77. The lowest BCUT2D eigenvalue weighted by Crippen LogP contribution is -2.08. The Bertz CT molecular complexity index is 392. The Kier molecular flexibility index (Phi) is 2.77. The Labute approximate surface area is 90.7 Å². The summed E-state index contributed by atoms with van der Waals surface area (Å²) in [6.07, 6.45) is 5.61. The van der Waals surface area contributed by atoms with E-state index in [-0.39, 0.29) is 0 Å². The minimum atomic E-state index is 0.490. The summed E-state index contributed by atoms with van der Waals surface area (Å²) in [6, 6.07) is 2.80. The van der Waals surface area contributed by atoms with Gasteiger partial charge in [-0.15, -0.1) is 0 Å². The predicted octanol–water partition coefficient (Wildman–Crippen LogP) is 2.68. The van der Waals surface area contributed by atoms with Gasteiger partial charge in [0.15, 0.2) is 0 Å². The molecule has 0 aromatic carbocycles. The summed E-state index contributed by atoms with van der Waals surface area (Å²) in [5.41, 5.74) is 3.35. The minimum Gasteiger partial charge on any atom is -0.266 e. The first kappa shape index (κ1) is 10.2. The van der Waals surface area contributed by atoms with Crippen LogP contribution in [-0.2, 0) is 6.42 Å². The standard InChI is InChI=1S/C12H17N3/c1-9-12(7-8-13)10(2)15(14-9)11-5-3-4-6-11/h11H,3-7H2,1-2H3. The van der Waals surface area contributed by atoms with E-state index >= 15 is 0 Å². The molecule has 1 heterocycles. The van der Waals surface area contributed by atoms with Crippen LogP contribution in [0.15, 0.2) is 0 Å². The molecule has 3 nitrogen and oxygen atoms in total. The van der Waals surface area contributed by atoms with E-state index in [9.17, 15) is 0 Å². The van der Waals surface area contributed by atoms with E-state index in [0.717, 1.165) is 11.3 Å². The molecule has 15 heavy (non-hydrogen) atoms. The second-order valence-corrected chi connectivity index (χ2v) is 4.37. The first-order chi connectivity index (χ1) is 7.24. The van der Waals surface area contributed by atoms with Crippen molar-refractivity contribution in [2.24, 2.45) is 0 Å². The lowest BCUT2D eigenvalue weighted by molar-refractivity contribution is 0.454. The number of aromatic nitrogens is 2. The Morgan fingerprint density at radius 1 is 1.40 bits per heavy atom. The highest BCUT2D eigenvalue weighted by atomic mass is 15.3. The molecule has 0 aliphatic heterocycles. The Morgan fingerprint density at radius 3 is 2.67 bits per heavy atom. The molecule has 0 unspecified atom stereocenters. The third-order valence-electron chi connectivity index (χ3n) is 3.40. The number of hydrogen-bond acceptors (Lipinski definition) is 2. The Morgan fingerprint density at radius 2 is 2.07 bits per heavy atom. The molecule has 1 aliphatic carbocycles. The smallest absolute Gasteiger partial charge is 0.0671 e. The van der Waals surface area contributed by atoms with Crippen molar-refractivity contribution >= 4 is 0 Å². The van der Waals surface area contributed by atoms with Crippen LogP contribution in [-0.4, -0.2) is 9.78 Å². The predicted molar refractivity (Wildman–Crippen MR) is 58.5 cm³/mol. The fraction of sp³-hybridized carbons (Fsp3) is 0.667. The average molecular weight is 203 g/mol. The maximum atomic E-state index is 8.76. The molecular weight excluding hydrogens is 186 g/mol. The first-order valence-corrected chi connectivity index (χ1v) is 5.65. The van der Waals surface area contributed by atoms with Crippen molar-refractivity contribution in [2.75, 3.05) is 0 Å². The zero-order valence-corrected chi connectivity index (χ0v) is 9.45. The van der Waals surface area contributed by atoms with Crippen LogP contribution in [0.2, 0.25) is 0 Å². The summed E-state index contributed by atoms with van der Waals surface area (Å²) >= 11 is 0. The van der Waals surface area contributed by atoms with Gasteiger partial charge < -0.3 is 0 Å². The van der Waals surface area contributed by atoms with Crippen molar-refractivity contribution in [3.05, 3.63) is 17.0 Å². The molecule has 0 saturated heterocycles. The fourth-order valence-corrected chi connectivity index (χ4v) is 2.54. The SMILES string of the molecule is Cc1nn(C2CCCC2)c(C)c1CC#N. The molecular formula is C12H17N3. The van der Waals surface area contributed by atoms with Crippen LogP contribution < -0.4 is 0 Å². The van der Waals surface area contributed by atoms with E-state index in [1.165, 1.54) is 31.4 Å². The molecule has 1 aromatic heterocycles. The largest absolute Gasteiger partial charge is 0.266 e. The van der Waals surface area contributed by atoms with Gasteiger partial charge in [0.25, 0.3) is 0 Å². The van der Waals surface area contributed by atoms with E-state index in [1.54, 1.807) is 0 Å². The Hall–Kier alpha value is -1.30. The summed E-state index contributed by atoms with van der Waals surface area (Å²) in [4.78, 5) is 0. The van der Waals surface area contributed by atoms with Crippen LogP contribution in [0.5, 0.6) is 0 Å². The molecule has 0 atom stereocenters. The molecule has 1 saturated carbocycles. The van der Waals surface area contributed by atoms with E-state index in [2.05, 4.69) is 22.8 Å². The topological polar surface area (TPSA) is 41.6 Å². The normalized spacial score (nSPS) is 16.9. The van der Waals surface area contributed by atoms with Crippen molar-refractivity contribution in [1.82, 2.24) is 9.78 Å². The quantitative estimate of drug-likeness (QED) is 0.741. The van der Waals surface area contributed by atoms with Gasteiger partial charge >= 0.3 is 0 Å². The molecule has 1 aliphatic rings. The molecule has 80 valence electrons. The summed E-state index contributed by atoms with van der Waals surface area (Å²) in [7, 11) is 0. The van der Waals surface area contributed by atoms with Crippen LogP contribution in [0.4, 0.5) is 0 Å². The van der Waals surface area contributed by atoms with Gasteiger partial charge in [0.05, 0.1) is 24.2 Å². The number of rotatable bonds is 2. The van der Waals surface area contributed by atoms with Crippen LogP contribution in [0.3, 0.4) is 0 Å². The van der Waals surface area contributed by atoms with Crippen molar-refractivity contribution in [3.8, 4) is 6.07 Å². The molecule has 2 rings (SSSR count). The molecule has 0 N–H and O–H groups in total. The lowest BCUT2D eigenvalue weighted by Gasteiger charge is -2.12. The van der Waals surface area contributed by atoms with Crippen LogP contribution >= 0.6 is 0 Å². The molecule has 0 bridgehead atoms. The van der Waals surface area contributed by atoms with Crippen LogP contribution in [0.1, 0.15) is 48.7 Å². The van der Waals surface area contributed by atoms with Crippen molar-refractivity contribution in [1.29, 1.82) is 5.26 Å². The number of nitriles is 1. The number of aryl methyl sites for hydroxylation is 1. The van der Waals surface area contributed by atoms with Crippen molar-refractivity contribution in [3.63, 3.8) is 0 Å². The van der Waals surface area contributed by atoms with E-state index in [4.69, 9.17) is 5.26 Å². The maximum Gasteiger partial charge on any atom is 0.0671 e. The van der Waals surface area contributed by atoms with E-state index < -0.39 is 0 Å². The molecule has 0 amide bonds. The fourth-order valence-electron chi connectivity index (χ4n) is 2.54. The van der Waals surface area contributed by atoms with Gasteiger partial charge in [-0.05, 0) is 26.7 Å². The highest BCUT2D eigenvalue weighted by molar-refractivity contribution is 5.27. The summed E-state index contributed by atoms with van der Waals surface area (Å²) in [5.74, 6) is 0. The monoisotopic (exact) mass is 203 g/mol. The van der Waals surface area contributed by atoms with Gasteiger partial charge in [-0.3, -0.25) is 4.68 Å². The zero-order chi connectivity index (χ0) is 10.8. The molecule has 0 radical (unpaired) electrons. The molecule has 1 fully saturated rings. The van der Waals surface area contributed by atoms with Crippen molar-refractivity contribution in [2.45, 2.75) is 52.0 Å². The average Bonchev–Trinajstić information content (AvgIpc) is 2.81. The second-order valence-electron chi connectivity index (χ2n) is 4.37. The molecule has 0 spiro atoms. The van der Waals surface area contributed by atoms with E-state index in [0.29, 0.717) is 12.5 Å². The van der Waals surface area contributed by atoms with Crippen LogP contribution in [0, 0.1) is 25.2 Å². The van der Waals surface area contributed by atoms with E-state index in [1.807, 2.05) is 6.92 Å². The van der Waals surface area contributed by atoms with Gasteiger partial charge in [-0.1, -0.05) is 12.8 Å². The van der Waals surface area contributed by atoms with Crippen LogP contribution in [0.25, 0.3) is 0 Å². The maximum absolute atomic E-state index is 8.76. The summed E-state index contributed by atoms with van der Waals surface area (Å²) < 4.78 is 2.15.